The van der Waals surface area contributed by atoms with Gasteiger partial charge in [0.2, 0.25) is 0 Å². The van der Waals surface area contributed by atoms with Crippen LogP contribution < -0.4 is 5.32 Å². The molecule has 0 aromatic rings. The number of likely N-dealkylation sites (N-methyl/N-ethyl adjacent to an activating group) is 2. The van der Waals surface area contributed by atoms with E-state index in [0.29, 0.717) is 12.6 Å². The molecule has 0 bridgehead atoms. The fourth-order valence-corrected chi connectivity index (χ4v) is 3.89. The number of rotatable bonds is 16. The highest BCUT2D eigenvalue weighted by Crippen LogP contribution is 2.19. The molecule has 0 amide bonds. The summed E-state index contributed by atoms with van der Waals surface area (Å²) in [6.07, 6.45) is -0.398. The lowest BCUT2D eigenvalue weighted by atomic mass is 10.1. The van der Waals surface area contributed by atoms with E-state index < -0.39 is 6.10 Å². The van der Waals surface area contributed by atoms with Crippen LogP contribution in [0.25, 0.3) is 0 Å². The van der Waals surface area contributed by atoms with E-state index in [9.17, 15) is 10.2 Å². The summed E-state index contributed by atoms with van der Waals surface area (Å²) in [5, 5.41) is 31.8. The van der Waals surface area contributed by atoms with Gasteiger partial charge in [-0.3, -0.25) is 9.80 Å². The Morgan fingerprint density at radius 2 is 1.85 bits per heavy atom. The highest BCUT2D eigenvalue weighted by Gasteiger charge is 2.40. The normalized spacial score (nSPS) is 28.6. The molecule has 27 heavy (non-hydrogen) atoms. The third-order valence-electron chi connectivity index (χ3n) is 5.96. The van der Waals surface area contributed by atoms with Crippen molar-refractivity contribution >= 4 is 0 Å². The van der Waals surface area contributed by atoms with Crippen LogP contribution in [0.2, 0.25) is 0 Å². The molecule has 2 aliphatic rings. The monoisotopic (exact) mass is 389 g/mol. The molecule has 0 spiro atoms. The third-order valence-corrected chi connectivity index (χ3v) is 5.96. The van der Waals surface area contributed by atoms with Crippen molar-refractivity contribution in [2.24, 2.45) is 0 Å². The number of hydrogen-bond acceptors (Lipinski definition) is 7. The van der Waals surface area contributed by atoms with Crippen LogP contribution in [0.5, 0.6) is 0 Å². The fourth-order valence-electron chi connectivity index (χ4n) is 3.89. The molecule has 2 fully saturated rings. The molecule has 8 heteroatoms. The van der Waals surface area contributed by atoms with Crippen LogP contribution in [0.15, 0.2) is 0 Å². The summed E-state index contributed by atoms with van der Waals surface area (Å²) in [5.41, 5.74) is 0. The maximum atomic E-state index is 9.66. The van der Waals surface area contributed by atoms with E-state index in [1.54, 1.807) is 0 Å². The molecule has 8 nitrogen and oxygen atoms in total. The molecule has 0 aliphatic carbocycles. The minimum absolute atomic E-state index is 0.107. The summed E-state index contributed by atoms with van der Waals surface area (Å²) < 4.78 is 6.43. The number of likely N-dealkylation sites (tertiary alicyclic amines) is 1. The van der Waals surface area contributed by atoms with E-state index in [2.05, 4.69) is 29.0 Å². The first-order valence-corrected chi connectivity index (χ1v) is 10.6. The lowest BCUT2D eigenvalue weighted by molar-refractivity contribution is -0.969. The Hall–Kier alpha value is -0.320. The van der Waals surface area contributed by atoms with Gasteiger partial charge in [0.05, 0.1) is 38.5 Å². The second-order valence-electron chi connectivity index (χ2n) is 8.14. The number of epoxide rings is 1. The first-order chi connectivity index (χ1) is 13.0. The molecule has 160 valence electrons. The van der Waals surface area contributed by atoms with Gasteiger partial charge in [0.1, 0.15) is 13.1 Å². The number of nitrogens with zero attached hydrogens (tertiary/aromatic N) is 3. The van der Waals surface area contributed by atoms with E-state index in [1.165, 1.54) is 0 Å². The molecular weight excluding hydrogens is 348 g/mol. The Morgan fingerprint density at radius 1 is 1.15 bits per heavy atom. The van der Waals surface area contributed by atoms with Gasteiger partial charge in [-0.15, -0.1) is 0 Å². The summed E-state index contributed by atoms with van der Waals surface area (Å²) in [7, 11) is 0. The summed E-state index contributed by atoms with van der Waals surface area (Å²) in [4.78, 5) is 4.61. The van der Waals surface area contributed by atoms with Gasteiger partial charge >= 0.3 is 0 Å². The van der Waals surface area contributed by atoms with Crippen LogP contribution in [0.1, 0.15) is 13.8 Å². The van der Waals surface area contributed by atoms with Crippen molar-refractivity contribution in [1.29, 1.82) is 0 Å². The second-order valence-corrected chi connectivity index (χ2v) is 8.14. The Labute approximate surface area is 164 Å². The van der Waals surface area contributed by atoms with Crippen LogP contribution in [-0.2, 0) is 4.74 Å². The Morgan fingerprint density at radius 3 is 2.41 bits per heavy atom. The van der Waals surface area contributed by atoms with Gasteiger partial charge in [-0.25, -0.2) is 0 Å². The number of ether oxygens (including phenoxy) is 1. The quantitative estimate of drug-likeness (QED) is 0.140. The molecule has 0 saturated carbocycles. The molecule has 2 aliphatic heterocycles. The van der Waals surface area contributed by atoms with Crippen LogP contribution in [0.3, 0.4) is 0 Å². The van der Waals surface area contributed by atoms with Gasteiger partial charge < -0.3 is 29.9 Å². The topological polar surface area (TPSA) is 91.7 Å². The van der Waals surface area contributed by atoms with Gasteiger partial charge in [-0.05, 0) is 13.5 Å². The summed E-state index contributed by atoms with van der Waals surface area (Å²) in [6.45, 7) is 16.0. The van der Waals surface area contributed by atoms with Crippen molar-refractivity contribution in [3.63, 3.8) is 0 Å². The average molecular weight is 390 g/mol. The first-order valence-electron chi connectivity index (χ1n) is 10.6. The van der Waals surface area contributed by atoms with Crippen molar-refractivity contribution in [2.45, 2.75) is 32.2 Å². The van der Waals surface area contributed by atoms with Gasteiger partial charge in [0.15, 0.2) is 6.10 Å². The average Bonchev–Trinajstić information content (AvgIpc) is 3.46. The van der Waals surface area contributed by atoms with Gasteiger partial charge in [0.25, 0.3) is 0 Å². The molecule has 4 N–H and O–H groups in total. The van der Waals surface area contributed by atoms with Crippen molar-refractivity contribution in [3.05, 3.63) is 0 Å². The molecular formula is C19H41N4O4+. The van der Waals surface area contributed by atoms with E-state index in [1.807, 2.05) is 0 Å². The number of hydrogen-bond donors (Lipinski definition) is 4. The van der Waals surface area contributed by atoms with E-state index in [4.69, 9.17) is 9.84 Å². The third kappa shape index (κ3) is 8.29. The molecule has 2 heterocycles. The van der Waals surface area contributed by atoms with Crippen molar-refractivity contribution in [2.75, 3.05) is 91.8 Å². The Kier molecular flexibility index (Phi) is 9.89. The molecule has 2 atom stereocenters. The zero-order valence-corrected chi connectivity index (χ0v) is 17.2. The zero-order chi connectivity index (χ0) is 19.7. The van der Waals surface area contributed by atoms with Crippen LogP contribution >= 0.6 is 0 Å². The highest BCUT2D eigenvalue weighted by molar-refractivity contribution is 4.76. The maximum Gasteiger partial charge on any atom is 0.152 e. The predicted octanol–water partition coefficient (Wildman–Crippen LogP) is -1.84. The van der Waals surface area contributed by atoms with Gasteiger partial charge in [-0.1, -0.05) is 6.92 Å². The van der Waals surface area contributed by atoms with Crippen LogP contribution in [-0.4, -0.2) is 140 Å². The summed E-state index contributed by atoms with van der Waals surface area (Å²) in [5.74, 6) is 0. The largest absolute Gasteiger partial charge is 0.394 e. The van der Waals surface area contributed by atoms with Gasteiger partial charge in [-0.2, -0.15) is 0 Å². The molecule has 0 aromatic heterocycles. The molecule has 0 radical (unpaired) electrons. The van der Waals surface area contributed by atoms with Crippen LogP contribution in [0, 0.1) is 0 Å². The van der Waals surface area contributed by atoms with E-state index in [0.717, 1.165) is 83.1 Å². The molecule has 2 rings (SSSR count). The lowest BCUT2D eigenvalue weighted by Gasteiger charge is -2.48. The highest BCUT2D eigenvalue weighted by atomic mass is 16.6. The SMILES string of the molecule is CCN(CCN(CCNCC[N+]1(CC)CC(O)C1)CC1CO1)CC(O)CO. The molecule has 2 unspecified atom stereocenters. The van der Waals surface area contributed by atoms with Crippen molar-refractivity contribution < 1.29 is 24.5 Å². The molecule has 0 aromatic carbocycles. The summed E-state index contributed by atoms with van der Waals surface area (Å²) >= 11 is 0. The number of nitrogens with one attached hydrogen (secondary N) is 1. The van der Waals surface area contributed by atoms with Crippen molar-refractivity contribution in [1.82, 2.24) is 15.1 Å². The molecule has 2 saturated heterocycles. The van der Waals surface area contributed by atoms with E-state index >= 15 is 0 Å². The number of aliphatic hydroxyl groups excluding tert-OH is 3. The van der Waals surface area contributed by atoms with Crippen molar-refractivity contribution in [3.8, 4) is 0 Å². The zero-order valence-electron chi connectivity index (χ0n) is 17.2. The lowest BCUT2D eigenvalue weighted by Crippen LogP contribution is -2.67. The fraction of sp³-hybridized carbons (Fsp3) is 1.00. The number of aliphatic hydroxyl groups is 3. The summed E-state index contributed by atoms with van der Waals surface area (Å²) in [6, 6.07) is 0. The second kappa shape index (κ2) is 11.6. The van der Waals surface area contributed by atoms with Crippen LogP contribution in [0.4, 0.5) is 0 Å². The number of quaternary nitrogens is 1. The Balaban J connectivity index is 1.63. The van der Waals surface area contributed by atoms with Gasteiger partial charge in [0, 0.05) is 45.8 Å². The minimum Gasteiger partial charge on any atom is -0.394 e. The standard InChI is InChI=1S/C19H41N4O4/c1-3-21(11-17(25)15-24)8-9-22(12-19-16-27-19)7-5-20-6-10-23(4-2)13-18(26)14-23/h17-20,24-26H,3-16H2,1-2H3/q+1. The predicted molar refractivity (Wildman–Crippen MR) is 106 cm³/mol. The minimum atomic E-state index is -0.666. The maximum absolute atomic E-state index is 9.66. The van der Waals surface area contributed by atoms with E-state index in [-0.39, 0.29) is 12.7 Å². The smallest absolute Gasteiger partial charge is 0.152 e. The first kappa shape index (κ1) is 23.0. The Bertz CT molecular complexity index is 405.